The molecule has 1 N–H and O–H groups in total. The van der Waals surface area contributed by atoms with Crippen LogP contribution in [0.5, 0.6) is 0 Å². The summed E-state index contributed by atoms with van der Waals surface area (Å²) < 4.78 is 2.71. The van der Waals surface area contributed by atoms with Gasteiger partial charge in [0, 0.05) is 15.7 Å². The van der Waals surface area contributed by atoms with Crippen LogP contribution in [0, 0.1) is 0 Å². The predicted octanol–water partition coefficient (Wildman–Crippen LogP) is 2.98. The van der Waals surface area contributed by atoms with Gasteiger partial charge < -0.3 is 5.32 Å². The molecular formula is C19H14Cl2N6O2. The summed E-state index contributed by atoms with van der Waals surface area (Å²) in [4.78, 5) is 29.2. The Balaban J connectivity index is 1.54. The fourth-order valence-electron chi connectivity index (χ4n) is 2.79. The molecule has 146 valence electrons. The molecule has 0 saturated heterocycles. The molecule has 0 unspecified atom stereocenters. The molecule has 2 heterocycles. The fraction of sp³-hybridized carbons (Fsp3) is 0.105. The SMILES string of the molecule is O=C(Cn1cnc2c(nnn2Cc2ccc(Cl)cc2)c1=O)Nc1cccc(Cl)c1. The number of anilines is 1. The van der Waals surface area contributed by atoms with Crippen LogP contribution in [0.1, 0.15) is 5.56 Å². The number of fused-ring (bicyclic) bond motifs is 1. The summed E-state index contributed by atoms with van der Waals surface area (Å²) >= 11 is 11.8. The molecule has 0 aliphatic heterocycles. The lowest BCUT2D eigenvalue weighted by molar-refractivity contribution is -0.116. The van der Waals surface area contributed by atoms with Crippen LogP contribution in [0.15, 0.2) is 59.7 Å². The first-order valence-corrected chi connectivity index (χ1v) is 9.34. The normalized spacial score (nSPS) is 11.0. The Morgan fingerprint density at radius 3 is 2.62 bits per heavy atom. The van der Waals surface area contributed by atoms with Crippen molar-refractivity contribution in [2.75, 3.05) is 5.32 Å². The molecular weight excluding hydrogens is 415 g/mol. The molecule has 2 aromatic carbocycles. The van der Waals surface area contributed by atoms with E-state index in [0.717, 1.165) is 5.56 Å². The quantitative estimate of drug-likeness (QED) is 0.527. The van der Waals surface area contributed by atoms with E-state index in [4.69, 9.17) is 23.2 Å². The molecule has 0 atom stereocenters. The van der Waals surface area contributed by atoms with Gasteiger partial charge in [-0.2, -0.15) is 0 Å². The number of nitrogens with one attached hydrogen (secondary N) is 1. The van der Waals surface area contributed by atoms with Crippen LogP contribution in [0.25, 0.3) is 11.2 Å². The van der Waals surface area contributed by atoms with Crippen LogP contribution in [-0.2, 0) is 17.9 Å². The second kappa shape index (κ2) is 8.02. The largest absolute Gasteiger partial charge is 0.324 e. The maximum absolute atomic E-state index is 12.7. The summed E-state index contributed by atoms with van der Waals surface area (Å²) in [5.41, 5.74) is 1.47. The van der Waals surface area contributed by atoms with Gasteiger partial charge >= 0.3 is 0 Å². The Morgan fingerprint density at radius 1 is 1.07 bits per heavy atom. The Labute approximate surface area is 174 Å². The van der Waals surface area contributed by atoms with E-state index >= 15 is 0 Å². The van der Waals surface area contributed by atoms with Gasteiger partial charge in [0.05, 0.1) is 6.54 Å². The molecule has 10 heteroatoms. The third-order valence-corrected chi connectivity index (χ3v) is 4.65. The van der Waals surface area contributed by atoms with Gasteiger partial charge in [-0.05, 0) is 35.9 Å². The number of hydrogen-bond acceptors (Lipinski definition) is 5. The standard InChI is InChI=1S/C19H14Cl2N6O2/c20-13-6-4-12(5-7-13)9-27-18-17(24-25-27)19(29)26(11-22-18)10-16(28)23-15-3-1-2-14(21)8-15/h1-8,11H,9-10H2,(H,23,28). The first-order valence-electron chi connectivity index (χ1n) is 8.58. The van der Waals surface area contributed by atoms with Crippen molar-refractivity contribution < 1.29 is 4.79 Å². The summed E-state index contributed by atoms with van der Waals surface area (Å²) in [6.07, 6.45) is 1.31. The number of carbonyl (C=O) groups is 1. The van der Waals surface area contributed by atoms with Crippen molar-refractivity contribution in [2.45, 2.75) is 13.1 Å². The lowest BCUT2D eigenvalue weighted by atomic mass is 10.2. The number of rotatable bonds is 5. The zero-order valence-corrected chi connectivity index (χ0v) is 16.4. The van der Waals surface area contributed by atoms with Crippen LogP contribution in [0.3, 0.4) is 0 Å². The van der Waals surface area contributed by atoms with Gasteiger partial charge in [0.25, 0.3) is 5.56 Å². The van der Waals surface area contributed by atoms with Crippen molar-refractivity contribution in [2.24, 2.45) is 0 Å². The van der Waals surface area contributed by atoms with E-state index in [-0.39, 0.29) is 18.0 Å². The van der Waals surface area contributed by atoms with Crippen LogP contribution in [0.4, 0.5) is 5.69 Å². The van der Waals surface area contributed by atoms with Gasteiger partial charge in [-0.15, -0.1) is 5.10 Å². The van der Waals surface area contributed by atoms with Gasteiger partial charge in [0.1, 0.15) is 12.9 Å². The minimum atomic E-state index is -0.446. The molecule has 2 aromatic heterocycles. The van der Waals surface area contributed by atoms with E-state index < -0.39 is 5.56 Å². The first-order chi connectivity index (χ1) is 14.0. The summed E-state index contributed by atoms with van der Waals surface area (Å²) in [5, 5.41) is 11.8. The number of hydrogen-bond donors (Lipinski definition) is 1. The van der Waals surface area contributed by atoms with Crippen molar-refractivity contribution in [1.29, 1.82) is 0 Å². The molecule has 0 fully saturated rings. The lowest BCUT2D eigenvalue weighted by Gasteiger charge is -2.07. The highest BCUT2D eigenvalue weighted by atomic mass is 35.5. The van der Waals surface area contributed by atoms with Crippen molar-refractivity contribution >= 4 is 46.0 Å². The van der Waals surface area contributed by atoms with Gasteiger partial charge in [0.2, 0.25) is 5.91 Å². The van der Waals surface area contributed by atoms with Crippen molar-refractivity contribution in [3.63, 3.8) is 0 Å². The number of halogens is 2. The van der Waals surface area contributed by atoms with Crippen molar-refractivity contribution in [1.82, 2.24) is 24.5 Å². The number of benzene rings is 2. The van der Waals surface area contributed by atoms with Gasteiger partial charge in [-0.25, -0.2) is 9.67 Å². The third kappa shape index (κ3) is 4.28. The minimum Gasteiger partial charge on any atom is -0.324 e. The zero-order chi connectivity index (χ0) is 20.4. The monoisotopic (exact) mass is 428 g/mol. The molecule has 0 bridgehead atoms. The molecule has 0 aliphatic rings. The average molecular weight is 429 g/mol. The van der Waals surface area contributed by atoms with E-state index in [9.17, 15) is 9.59 Å². The number of carbonyl (C=O) groups excluding carboxylic acids is 1. The summed E-state index contributed by atoms with van der Waals surface area (Å²) in [7, 11) is 0. The predicted molar refractivity (Wildman–Crippen MR) is 110 cm³/mol. The highest BCUT2D eigenvalue weighted by Gasteiger charge is 2.14. The lowest BCUT2D eigenvalue weighted by Crippen LogP contribution is -2.28. The first kappa shape index (κ1) is 19.1. The molecule has 4 rings (SSSR count). The number of aromatic nitrogens is 5. The summed E-state index contributed by atoms with van der Waals surface area (Å²) in [5.74, 6) is -0.385. The van der Waals surface area contributed by atoms with Gasteiger partial charge in [-0.3, -0.25) is 14.2 Å². The molecule has 1 amide bonds. The molecule has 8 nitrogen and oxygen atoms in total. The zero-order valence-electron chi connectivity index (χ0n) is 14.9. The van der Waals surface area contributed by atoms with Crippen molar-refractivity contribution in [3.05, 3.63) is 80.8 Å². The Hall–Kier alpha value is -3.23. The maximum Gasteiger partial charge on any atom is 0.283 e. The maximum atomic E-state index is 12.7. The molecule has 0 radical (unpaired) electrons. The highest BCUT2D eigenvalue weighted by molar-refractivity contribution is 6.31. The van der Waals surface area contributed by atoms with E-state index in [0.29, 0.717) is 27.9 Å². The average Bonchev–Trinajstić information content (AvgIpc) is 3.09. The fourth-order valence-corrected chi connectivity index (χ4v) is 3.11. The topological polar surface area (TPSA) is 94.7 Å². The number of nitrogens with zero attached hydrogens (tertiary/aromatic N) is 5. The highest BCUT2D eigenvalue weighted by Crippen LogP contribution is 2.15. The van der Waals surface area contributed by atoms with E-state index in [1.54, 1.807) is 36.4 Å². The second-order valence-electron chi connectivity index (χ2n) is 6.28. The Bertz CT molecular complexity index is 1250. The van der Waals surface area contributed by atoms with Crippen molar-refractivity contribution in [3.8, 4) is 0 Å². The van der Waals surface area contributed by atoms with E-state index in [1.165, 1.54) is 15.6 Å². The van der Waals surface area contributed by atoms with Gasteiger partial charge in [0.15, 0.2) is 11.2 Å². The summed E-state index contributed by atoms with van der Waals surface area (Å²) in [6.45, 7) is 0.178. The molecule has 29 heavy (non-hydrogen) atoms. The van der Waals surface area contributed by atoms with Crippen LogP contribution >= 0.6 is 23.2 Å². The minimum absolute atomic E-state index is 0.0945. The Morgan fingerprint density at radius 2 is 1.86 bits per heavy atom. The van der Waals surface area contributed by atoms with Crippen LogP contribution in [-0.4, -0.2) is 30.5 Å². The Kier molecular flexibility index (Phi) is 5.28. The molecule has 0 spiro atoms. The van der Waals surface area contributed by atoms with Crippen LogP contribution < -0.4 is 10.9 Å². The molecule has 4 aromatic rings. The second-order valence-corrected chi connectivity index (χ2v) is 7.15. The smallest absolute Gasteiger partial charge is 0.283 e. The molecule has 0 aliphatic carbocycles. The van der Waals surface area contributed by atoms with E-state index in [2.05, 4.69) is 20.6 Å². The summed E-state index contributed by atoms with van der Waals surface area (Å²) in [6, 6.07) is 14.0. The van der Waals surface area contributed by atoms with E-state index in [1.807, 2.05) is 12.1 Å². The molecule has 0 saturated carbocycles. The van der Waals surface area contributed by atoms with Gasteiger partial charge in [-0.1, -0.05) is 46.6 Å². The van der Waals surface area contributed by atoms with Crippen LogP contribution in [0.2, 0.25) is 10.0 Å². The third-order valence-electron chi connectivity index (χ3n) is 4.16. The number of amides is 1.